The smallest absolute Gasteiger partial charge is 0.132 e. The van der Waals surface area contributed by atoms with E-state index in [0.717, 1.165) is 39.3 Å². The summed E-state index contributed by atoms with van der Waals surface area (Å²) in [5.41, 5.74) is 4.18. The van der Waals surface area contributed by atoms with Crippen molar-refractivity contribution in [3.05, 3.63) is 35.0 Å². The highest BCUT2D eigenvalue weighted by Crippen LogP contribution is 2.30. The van der Waals surface area contributed by atoms with Gasteiger partial charge in [0.25, 0.3) is 0 Å². The lowest BCUT2D eigenvalue weighted by Crippen LogP contribution is -2.10. The third-order valence-corrected chi connectivity index (χ3v) is 3.73. The van der Waals surface area contributed by atoms with E-state index in [1.165, 1.54) is 0 Å². The maximum absolute atomic E-state index is 4.54. The average Bonchev–Trinajstić information content (AvgIpc) is 2.95. The highest BCUT2D eigenvalue weighted by molar-refractivity contribution is 9.10. The molecular weight excluding hydrogens is 306 g/mol. The van der Waals surface area contributed by atoms with Gasteiger partial charge in [0.05, 0.1) is 29.6 Å². The van der Waals surface area contributed by atoms with E-state index in [4.69, 9.17) is 0 Å². The van der Waals surface area contributed by atoms with E-state index in [-0.39, 0.29) is 0 Å². The molecule has 2 heterocycles. The van der Waals surface area contributed by atoms with Crippen LogP contribution in [0.4, 0.5) is 0 Å². The minimum Gasteiger partial charge on any atom is -0.345 e. The highest BCUT2D eigenvalue weighted by atomic mass is 79.9. The van der Waals surface area contributed by atoms with Gasteiger partial charge in [-0.05, 0) is 35.1 Å². The standard InChI is InChI=1S/C13H14BrN5/c1-15-6-11-18-13(14)12(19(11)2)8-3-4-9-10(5-8)17-7-16-9/h3-5,7,15H,6H2,1-2H3,(H,16,17). The van der Waals surface area contributed by atoms with Crippen LogP contribution in [0.25, 0.3) is 22.3 Å². The third kappa shape index (κ3) is 2.06. The molecule has 19 heavy (non-hydrogen) atoms. The monoisotopic (exact) mass is 319 g/mol. The molecule has 2 aromatic heterocycles. The van der Waals surface area contributed by atoms with Gasteiger partial charge in [0.1, 0.15) is 10.4 Å². The van der Waals surface area contributed by atoms with Crippen molar-refractivity contribution in [3.63, 3.8) is 0 Å². The Kier molecular flexibility index (Phi) is 3.12. The van der Waals surface area contributed by atoms with Crippen LogP contribution in [-0.4, -0.2) is 26.6 Å². The summed E-state index contributed by atoms with van der Waals surface area (Å²) in [6, 6.07) is 6.17. The van der Waals surface area contributed by atoms with Crippen LogP contribution in [0.5, 0.6) is 0 Å². The summed E-state index contributed by atoms with van der Waals surface area (Å²) in [6.07, 6.45) is 1.71. The largest absolute Gasteiger partial charge is 0.345 e. The van der Waals surface area contributed by atoms with Crippen molar-refractivity contribution < 1.29 is 0 Å². The Hall–Kier alpha value is -1.66. The van der Waals surface area contributed by atoms with E-state index in [9.17, 15) is 0 Å². The lowest BCUT2D eigenvalue weighted by molar-refractivity contribution is 0.712. The lowest BCUT2D eigenvalue weighted by Gasteiger charge is -2.06. The number of nitrogens with zero attached hydrogens (tertiary/aromatic N) is 3. The van der Waals surface area contributed by atoms with Gasteiger partial charge < -0.3 is 14.9 Å². The van der Waals surface area contributed by atoms with Crippen LogP contribution in [0.3, 0.4) is 0 Å². The molecule has 0 saturated carbocycles. The number of hydrogen-bond donors (Lipinski definition) is 2. The Morgan fingerprint density at radius 3 is 3.05 bits per heavy atom. The molecule has 6 heteroatoms. The molecule has 0 unspecified atom stereocenters. The molecule has 0 bridgehead atoms. The molecule has 5 nitrogen and oxygen atoms in total. The zero-order valence-electron chi connectivity index (χ0n) is 10.7. The molecule has 0 saturated heterocycles. The van der Waals surface area contributed by atoms with Crippen molar-refractivity contribution in [2.24, 2.45) is 7.05 Å². The van der Waals surface area contributed by atoms with E-state index in [0.29, 0.717) is 0 Å². The third-order valence-electron chi connectivity index (χ3n) is 3.17. The molecule has 0 radical (unpaired) electrons. The molecule has 2 N–H and O–H groups in total. The maximum Gasteiger partial charge on any atom is 0.132 e. The van der Waals surface area contributed by atoms with Crippen LogP contribution in [-0.2, 0) is 13.6 Å². The first-order valence-corrected chi connectivity index (χ1v) is 6.79. The van der Waals surface area contributed by atoms with E-state index < -0.39 is 0 Å². The van der Waals surface area contributed by atoms with Gasteiger partial charge in [-0.1, -0.05) is 6.07 Å². The molecule has 0 aliphatic carbocycles. The number of hydrogen-bond acceptors (Lipinski definition) is 3. The second kappa shape index (κ2) is 4.79. The first-order valence-electron chi connectivity index (χ1n) is 6.00. The van der Waals surface area contributed by atoms with Crippen LogP contribution >= 0.6 is 15.9 Å². The van der Waals surface area contributed by atoms with E-state index in [2.05, 4.69) is 52.9 Å². The van der Waals surface area contributed by atoms with Crippen LogP contribution < -0.4 is 5.32 Å². The molecule has 3 aromatic rings. The molecule has 0 aliphatic heterocycles. The Balaban J connectivity index is 2.14. The van der Waals surface area contributed by atoms with Crippen LogP contribution in [0.15, 0.2) is 29.1 Å². The summed E-state index contributed by atoms with van der Waals surface area (Å²) >= 11 is 3.54. The molecule has 0 amide bonds. The summed E-state index contributed by atoms with van der Waals surface area (Å²) in [6.45, 7) is 0.738. The Morgan fingerprint density at radius 2 is 2.26 bits per heavy atom. The van der Waals surface area contributed by atoms with E-state index >= 15 is 0 Å². The topological polar surface area (TPSA) is 58.5 Å². The lowest BCUT2D eigenvalue weighted by atomic mass is 10.1. The molecule has 0 aliphatic rings. The Bertz CT molecular complexity index is 728. The van der Waals surface area contributed by atoms with Gasteiger partial charge in [0.15, 0.2) is 0 Å². The molecule has 0 atom stereocenters. The fraction of sp³-hybridized carbons (Fsp3) is 0.231. The second-order valence-corrected chi connectivity index (χ2v) is 5.14. The molecule has 0 fully saturated rings. The number of rotatable bonds is 3. The summed E-state index contributed by atoms with van der Waals surface area (Å²) in [4.78, 5) is 11.9. The van der Waals surface area contributed by atoms with Crippen LogP contribution in [0.2, 0.25) is 0 Å². The van der Waals surface area contributed by atoms with Crippen molar-refractivity contribution in [3.8, 4) is 11.3 Å². The van der Waals surface area contributed by atoms with Crippen molar-refractivity contribution >= 4 is 27.0 Å². The first kappa shape index (κ1) is 12.4. The van der Waals surface area contributed by atoms with Crippen molar-refractivity contribution in [2.45, 2.75) is 6.54 Å². The van der Waals surface area contributed by atoms with Gasteiger partial charge in [-0.25, -0.2) is 9.97 Å². The summed E-state index contributed by atoms with van der Waals surface area (Å²) < 4.78 is 2.96. The zero-order valence-corrected chi connectivity index (χ0v) is 12.3. The predicted molar refractivity (Wildman–Crippen MR) is 78.8 cm³/mol. The first-order chi connectivity index (χ1) is 9.20. The number of benzene rings is 1. The van der Waals surface area contributed by atoms with Crippen LogP contribution in [0, 0.1) is 0 Å². The fourth-order valence-electron chi connectivity index (χ4n) is 2.22. The van der Waals surface area contributed by atoms with Gasteiger partial charge in [-0.3, -0.25) is 0 Å². The minimum absolute atomic E-state index is 0.738. The summed E-state index contributed by atoms with van der Waals surface area (Å²) in [7, 11) is 3.94. The van der Waals surface area contributed by atoms with Crippen LogP contribution in [0.1, 0.15) is 5.82 Å². The van der Waals surface area contributed by atoms with E-state index in [1.54, 1.807) is 6.33 Å². The Morgan fingerprint density at radius 1 is 1.42 bits per heavy atom. The zero-order chi connectivity index (χ0) is 13.4. The number of nitrogens with one attached hydrogen (secondary N) is 2. The van der Waals surface area contributed by atoms with Gasteiger partial charge in [-0.2, -0.15) is 0 Å². The summed E-state index contributed by atoms with van der Waals surface area (Å²) in [5.74, 6) is 0.995. The molecule has 3 rings (SSSR count). The number of imidazole rings is 2. The molecular formula is C13H14BrN5. The summed E-state index contributed by atoms with van der Waals surface area (Å²) in [5, 5.41) is 3.12. The van der Waals surface area contributed by atoms with Gasteiger partial charge >= 0.3 is 0 Å². The van der Waals surface area contributed by atoms with Gasteiger partial charge in [0.2, 0.25) is 0 Å². The minimum atomic E-state index is 0.738. The number of aromatic amines is 1. The molecule has 98 valence electrons. The number of H-pyrrole nitrogens is 1. The number of aromatic nitrogens is 4. The highest BCUT2D eigenvalue weighted by Gasteiger charge is 2.14. The van der Waals surface area contributed by atoms with Crippen molar-refractivity contribution in [2.75, 3.05) is 7.05 Å². The maximum atomic E-state index is 4.54. The number of fused-ring (bicyclic) bond motifs is 1. The van der Waals surface area contributed by atoms with Crippen molar-refractivity contribution in [1.82, 2.24) is 24.8 Å². The molecule has 0 spiro atoms. The quantitative estimate of drug-likeness (QED) is 0.779. The number of halogens is 1. The predicted octanol–water partition coefficient (Wildman–Crippen LogP) is 2.45. The second-order valence-electron chi connectivity index (χ2n) is 4.39. The fourth-order valence-corrected chi connectivity index (χ4v) is 2.92. The van der Waals surface area contributed by atoms with Gasteiger partial charge in [0, 0.05) is 12.6 Å². The van der Waals surface area contributed by atoms with Gasteiger partial charge in [-0.15, -0.1) is 0 Å². The SMILES string of the molecule is CNCc1nc(Br)c(-c2ccc3nc[nH]c3c2)n1C. The molecule has 1 aromatic carbocycles. The average molecular weight is 320 g/mol. The normalized spacial score (nSPS) is 11.3. The Labute approximate surface area is 119 Å². The van der Waals surface area contributed by atoms with Crippen molar-refractivity contribution in [1.29, 1.82) is 0 Å². The van der Waals surface area contributed by atoms with E-state index in [1.807, 2.05) is 20.2 Å².